The van der Waals surface area contributed by atoms with Crippen LogP contribution in [0.2, 0.25) is 0 Å². The number of benzene rings is 1. The van der Waals surface area contributed by atoms with Crippen LogP contribution < -0.4 is 10.1 Å². The summed E-state index contributed by atoms with van der Waals surface area (Å²) in [4.78, 5) is 22.7. The molecule has 27 heavy (non-hydrogen) atoms. The third-order valence-corrected chi connectivity index (χ3v) is 4.96. The van der Waals surface area contributed by atoms with Gasteiger partial charge < -0.3 is 20.3 Å². The maximum absolute atomic E-state index is 11.9. The van der Waals surface area contributed by atoms with Gasteiger partial charge in [-0.1, -0.05) is 37.0 Å². The fourth-order valence-corrected chi connectivity index (χ4v) is 3.30. The number of phenols is 1. The summed E-state index contributed by atoms with van der Waals surface area (Å²) in [6.45, 7) is 5.54. The van der Waals surface area contributed by atoms with Gasteiger partial charge in [-0.2, -0.15) is 0 Å². The van der Waals surface area contributed by atoms with Crippen LogP contribution in [0, 0.1) is 0 Å². The number of ether oxygens (including phenoxy) is 1. The number of carbonyl (C=O) groups is 2. The summed E-state index contributed by atoms with van der Waals surface area (Å²) in [6, 6.07) is 4.03. The summed E-state index contributed by atoms with van der Waals surface area (Å²) in [5.41, 5.74) is -0.508. The van der Waals surface area contributed by atoms with Crippen LogP contribution in [0.5, 0.6) is 11.5 Å². The van der Waals surface area contributed by atoms with Crippen LogP contribution in [0.3, 0.4) is 0 Å². The van der Waals surface area contributed by atoms with E-state index in [4.69, 9.17) is 33.0 Å². The lowest BCUT2D eigenvalue weighted by Crippen LogP contribution is -2.55. The predicted octanol–water partition coefficient (Wildman–Crippen LogP) is 3.87. The Morgan fingerprint density at radius 2 is 2.00 bits per heavy atom. The van der Waals surface area contributed by atoms with Crippen molar-refractivity contribution in [1.82, 2.24) is 5.32 Å². The number of carboxylic acid groups (broad SMARTS) is 1. The molecule has 6 nitrogen and oxygen atoms in total. The van der Waals surface area contributed by atoms with Crippen molar-refractivity contribution in [3.05, 3.63) is 46.0 Å². The number of rotatable bonds is 6. The molecule has 2 atom stereocenters. The van der Waals surface area contributed by atoms with Crippen molar-refractivity contribution < 1.29 is 24.5 Å². The molecule has 0 spiro atoms. The van der Waals surface area contributed by atoms with Gasteiger partial charge in [-0.3, -0.25) is 9.59 Å². The molecule has 0 fully saturated rings. The second-order valence-corrected chi connectivity index (χ2v) is 7.59. The van der Waals surface area contributed by atoms with Crippen molar-refractivity contribution in [2.45, 2.75) is 44.8 Å². The molecule has 0 aliphatic heterocycles. The van der Waals surface area contributed by atoms with Gasteiger partial charge in [-0.05, 0) is 43.2 Å². The SMILES string of the molecule is CC(C)c1cc(OC2(C)C(Cl)=CC(Cl)=CC2NC(=O)CC(=O)O)ccc1O. The lowest BCUT2D eigenvalue weighted by atomic mass is 9.90. The molecule has 2 unspecified atom stereocenters. The fraction of sp³-hybridized carbons (Fsp3) is 0.368. The fourth-order valence-electron chi connectivity index (χ4n) is 2.74. The second-order valence-electron chi connectivity index (χ2n) is 6.74. The first-order chi connectivity index (χ1) is 12.5. The summed E-state index contributed by atoms with van der Waals surface area (Å²) >= 11 is 12.4. The van der Waals surface area contributed by atoms with Crippen LogP contribution in [0.15, 0.2) is 40.4 Å². The van der Waals surface area contributed by atoms with Crippen molar-refractivity contribution in [2.75, 3.05) is 0 Å². The van der Waals surface area contributed by atoms with Gasteiger partial charge >= 0.3 is 5.97 Å². The molecule has 0 heterocycles. The topological polar surface area (TPSA) is 95.9 Å². The summed E-state index contributed by atoms with van der Waals surface area (Å²) in [6.07, 6.45) is 2.36. The third kappa shape index (κ3) is 4.96. The van der Waals surface area contributed by atoms with E-state index in [1.807, 2.05) is 13.8 Å². The summed E-state index contributed by atoms with van der Waals surface area (Å²) < 4.78 is 6.09. The Morgan fingerprint density at radius 1 is 1.33 bits per heavy atom. The zero-order valence-corrected chi connectivity index (χ0v) is 16.6. The molecule has 0 saturated heterocycles. The molecule has 1 aliphatic carbocycles. The number of carboxylic acids is 1. The molecule has 0 radical (unpaired) electrons. The van der Waals surface area contributed by atoms with Crippen LogP contribution in [-0.2, 0) is 9.59 Å². The van der Waals surface area contributed by atoms with Crippen molar-refractivity contribution in [2.24, 2.45) is 0 Å². The number of allylic oxidation sites excluding steroid dienone is 2. The van der Waals surface area contributed by atoms with Gasteiger partial charge in [-0.25, -0.2) is 0 Å². The van der Waals surface area contributed by atoms with Crippen LogP contribution in [0.25, 0.3) is 0 Å². The Bertz CT molecular complexity index is 818. The zero-order valence-electron chi connectivity index (χ0n) is 15.1. The Kier molecular flexibility index (Phi) is 6.44. The molecule has 146 valence electrons. The number of amides is 1. The Morgan fingerprint density at radius 3 is 2.59 bits per heavy atom. The maximum Gasteiger partial charge on any atom is 0.312 e. The number of aromatic hydroxyl groups is 1. The van der Waals surface area contributed by atoms with Gasteiger partial charge in [0.1, 0.15) is 17.9 Å². The minimum Gasteiger partial charge on any atom is -0.508 e. The normalized spacial score (nSPS) is 22.1. The van der Waals surface area contributed by atoms with E-state index in [0.29, 0.717) is 16.3 Å². The third-order valence-electron chi connectivity index (χ3n) is 4.24. The first kappa shape index (κ1) is 21.1. The van der Waals surface area contributed by atoms with Gasteiger partial charge in [0.05, 0.1) is 11.1 Å². The zero-order chi connectivity index (χ0) is 20.4. The van der Waals surface area contributed by atoms with Gasteiger partial charge in [0.25, 0.3) is 0 Å². The highest BCUT2D eigenvalue weighted by Gasteiger charge is 2.42. The van der Waals surface area contributed by atoms with Crippen molar-refractivity contribution in [3.8, 4) is 11.5 Å². The van der Waals surface area contributed by atoms with E-state index in [2.05, 4.69) is 5.32 Å². The quantitative estimate of drug-likeness (QED) is 0.615. The average Bonchev–Trinajstić information content (AvgIpc) is 2.53. The molecule has 0 aromatic heterocycles. The van der Waals surface area contributed by atoms with E-state index in [1.165, 1.54) is 18.2 Å². The van der Waals surface area contributed by atoms with Gasteiger partial charge in [-0.15, -0.1) is 0 Å². The second kappa shape index (κ2) is 8.23. The first-order valence-electron chi connectivity index (χ1n) is 8.31. The van der Waals surface area contributed by atoms with Crippen molar-refractivity contribution >= 4 is 35.1 Å². The highest BCUT2D eigenvalue weighted by Crippen LogP contribution is 2.38. The lowest BCUT2D eigenvalue weighted by molar-refractivity contribution is -0.141. The van der Waals surface area contributed by atoms with E-state index in [1.54, 1.807) is 19.1 Å². The minimum atomic E-state index is -1.25. The smallest absolute Gasteiger partial charge is 0.312 e. The number of nitrogens with one attached hydrogen (secondary N) is 1. The van der Waals surface area contributed by atoms with Crippen LogP contribution >= 0.6 is 23.2 Å². The van der Waals surface area contributed by atoms with E-state index in [-0.39, 0.29) is 16.7 Å². The summed E-state index contributed by atoms with van der Waals surface area (Å²) in [7, 11) is 0. The van der Waals surface area contributed by atoms with E-state index < -0.39 is 29.9 Å². The Hall–Kier alpha value is -2.18. The first-order valence-corrected chi connectivity index (χ1v) is 9.06. The number of aliphatic carboxylic acids is 1. The van der Waals surface area contributed by atoms with E-state index in [0.717, 1.165) is 0 Å². The number of halogens is 2. The van der Waals surface area contributed by atoms with Gasteiger partial charge in [0.15, 0.2) is 5.60 Å². The molecule has 0 bridgehead atoms. The molecule has 1 aliphatic rings. The summed E-state index contributed by atoms with van der Waals surface area (Å²) in [5.74, 6) is -1.28. The highest BCUT2D eigenvalue weighted by atomic mass is 35.5. The number of carbonyl (C=O) groups excluding carboxylic acids is 1. The Balaban J connectivity index is 2.35. The molecule has 8 heteroatoms. The van der Waals surface area contributed by atoms with Crippen molar-refractivity contribution in [3.63, 3.8) is 0 Å². The highest BCUT2D eigenvalue weighted by molar-refractivity contribution is 6.35. The van der Waals surface area contributed by atoms with Gasteiger partial charge in [0.2, 0.25) is 5.91 Å². The lowest BCUT2D eigenvalue weighted by Gasteiger charge is -2.39. The average molecular weight is 414 g/mol. The summed E-state index contributed by atoms with van der Waals surface area (Å²) in [5, 5.41) is 21.9. The Labute approximate surface area is 167 Å². The monoisotopic (exact) mass is 413 g/mol. The van der Waals surface area contributed by atoms with Crippen LogP contribution in [0.4, 0.5) is 0 Å². The van der Waals surface area contributed by atoms with Crippen molar-refractivity contribution in [1.29, 1.82) is 0 Å². The van der Waals surface area contributed by atoms with Crippen LogP contribution in [-0.4, -0.2) is 33.7 Å². The number of hydrogen-bond donors (Lipinski definition) is 3. The van der Waals surface area contributed by atoms with Gasteiger partial charge in [0, 0.05) is 10.6 Å². The molecular weight excluding hydrogens is 393 g/mol. The number of hydrogen-bond acceptors (Lipinski definition) is 4. The molecule has 0 saturated carbocycles. The maximum atomic E-state index is 11.9. The molecule has 1 amide bonds. The largest absolute Gasteiger partial charge is 0.508 e. The molecule has 1 aromatic carbocycles. The minimum absolute atomic E-state index is 0.0686. The molecule has 3 N–H and O–H groups in total. The molecule has 2 rings (SSSR count). The van der Waals surface area contributed by atoms with E-state index in [9.17, 15) is 14.7 Å². The standard InChI is InChI=1S/C19H21Cl2NO5/c1-10(2)13-8-12(4-5-14(13)23)27-19(3)15(21)6-11(20)7-16(19)22-17(24)9-18(25)26/h4-8,10,16,23H,9H2,1-3H3,(H,22,24)(H,25,26). The van der Waals surface area contributed by atoms with E-state index >= 15 is 0 Å². The van der Waals surface area contributed by atoms with Crippen LogP contribution in [0.1, 0.15) is 38.7 Å². The molecule has 1 aromatic rings. The number of phenolic OH excluding ortho intramolecular Hbond substituents is 1. The predicted molar refractivity (Wildman–Crippen MR) is 103 cm³/mol. The molecular formula is C19H21Cl2NO5.